The summed E-state index contributed by atoms with van der Waals surface area (Å²) in [7, 11) is 1.76. The Balaban J connectivity index is 2.40. The number of nitrogens with zero attached hydrogens (tertiary/aromatic N) is 2. The minimum atomic E-state index is -0.341. The summed E-state index contributed by atoms with van der Waals surface area (Å²) >= 11 is 6.10. The topological polar surface area (TPSA) is 35.0 Å². The van der Waals surface area contributed by atoms with Crippen molar-refractivity contribution in [2.24, 2.45) is 5.92 Å². The first-order valence-electron chi connectivity index (χ1n) is 6.68. The molecule has 0 radical (unpaired) electrons. The summed E-state index contributed by atoms with van der Waals surface area (Å²) in [5, 5.41) is 0.520. The van der Waals surface area contributed by atoms with Gasteiger partial charge in [-0.25, -0.2) is 9.97 Å². The first-order chi connectivity index (χ1) is 8.59. The highest BCUT2D eigenvalue weighted by atomic mass is 35.5. The molecule has 1 saturated carbocycles. The molecule has 0 aromatic carbocycles. The Hall–Kier alpha value is -0.670. The molecule has 1 aromatic heterocycles. The molecule has 3 nitrogen and oxygen atoms in total. The molecule has 0 saturated heterocycles. The van der Waals surface area contributed by atoms with E-state index in [9.17, 15) is 0 Å². The number of ether oxygens (including phenoxy) is 1. The Morgan fingerprint density at radius 1 is 1.50 bits per heavy atom. The van der Waals surface area contributed by atoms with Crippen molar-refractivity contribution in [2.75, 3.05) is 7.11 Å². The molecule has 1 aliphatic carbocycles. The summed E-state index contributed by atoms with van der Waals surface area (Å²) in [4.78, 5) is 9.04. The minimum absolute atomic E-state index is 0.341. The van der Waals surface area contributed by atoms with Gasteiger partial charge in [0.15, 0.2) is 5.82 Å². The number of methoxy groups -OCH3 is 1. The van der Waals surface area contributed by atoms with Gasteiger partial charge in [0.2, 0.25) is 0 Å². The van der Waals surface area contributed by atoms with Gasteiger partial charge in [-0.3, -0.25) is 0 Å². The normalized spacial score (nSPS) is 28.3. The van der Waals surface area contributed by atoms with E-state index in [0.717, 1.165) is 37.2 Å². The van der Waals surface area contributed by atoms with E-state index in [0.29, 0.717) is 11.1 Å². The Morgan fingerprint density at radius 2 is 2.28 bits per heavy atom. The first-order valence-corrected chi connectivity index (χ1v) is 7.06. The molecule has 0 N–H and O–H groups in total. The van der Waals surface area contributed by atoms with Crippen LogP contribution in [0.15, 0.2) is 6.07 Å². The van der Waals surface area contributed by atoms with Crippen LogP contribution in [0.25, 0.3) is 0 Å². The monoisotopic (exact) mass is 268 g/mol. The van der Waals surface area contributed by atoms with Crippen LogP contribution < -0.4 is 0 Å². The number of halogens is 1. The highest BCUT2D eigenvalue weighted by molar-refractivity contribution is 6.29. The van der Waals surface area contributed by atoms with E-state index in [4.69, 9.17) is 16.3 Å². The number of hydrogen-bond donors (Lipinski definition) is 0. The Kier molecular flexibility index (Phi) is 4.23. The van der Waals surface area contributed by atoms with Gasteiger partial charge in [-0.15, -0.1) is 0 Å². The smallest absolute Gasteiger partial charge is 0.162 e. The third-order valence-corrected chi connectivity index (χ3v) is 4.06. The summed E-state index contributed by atoms with van der Waals surface area (Å²) in [5.41, 5.74) is 0.645. The van der Waals surface area contributed by atoms with E-state index in [1.807, 2.05) is 6.07 Å². The van der Waals surface area contributed by atoms with Crippen molar-refractivity contribution < 1.29 is 4.74 Å². The second-order valence-corrected chi connectivity index (χ2v) is 5.65. The zero-order valence-electron chi connectivity index (χ0n) is 11.4. The van der Waals surface area contributed by atoms with Gasteiger partial charge < -0.3 is 4.74 Å². The van der Waals surface area contributed by atoms with E-state index in [1.165, 1.54) is 6.42 Å². The van der Waals surface area contributed by atoms with Crippen molar-refractivity contribution in [3.63, 3.8) is 0 Å². The van der Waals surface area contributed by atoms with Crippen molar-refractivity contribution in [1.82, 2.24) is 9.97 Å². The predicted octanol–water partition coefficient (Wildman–Crippen LogP) is 3.74. The molecular formula is C14H21ClN2O. The van der Waals surface area contributed by atoms with E-state index < -0.39 is 0 Å². The van der Waals surface area contributed by atoms with Gasteiger partial charge in [-0.2, -0.15) is 0 Å². The molecule has 0 amide bonds. The highest BCUT2D eigenvalue weighted by Crippen LogP contribution is 2.41. The Bertz CT molecular complexity index is 424. The zero-order valence-corrected chi connectivity index (χ0v) is 12.1. The molecule has 0 bridgehead atoms. The molecule has 18 heavy (non-hydrogen) atoms. The van der Waals surface area contributed by atoms with Gasteiger partial charge in [0.05, 0.1) is 0 Å². The van der Waals surface area contributed by atoms with Gasteiger partial charge in [0.1, 0.15) is 10.8 Å². The zero-order chi connectivity index (χ0) is 13.2. The van der Waals surface area contributed by atoms with Crippen LogP contribution in [-0.4, -0.2) is 17.1 Å². The largest absolute Gasteiger partial charge is 0.370 e. The molecule has 0 aliphatic heterocycles. The van der Waals surface area contributed by atoms with Crippen LogP contribution in [0.1, 0.15) is 51.0 Å². The predicted molar refractivity (Wildman–Crippen MR) is 72.7 cm³/mol. The number of hydrogen-bond acceptors (Lipinski definition) is 3. The minimum Gasteiger partial charge on any atom is -0.370 e. The molecule has 1 heterocycles. The molecule has 0 spiro atoms. The lowest BCUT2D eigenvalue weighted by Crippen LogP contribution is -2.36. The van der Waals surface area contributed by atoms with Crippen LogP contribution in [0.2, 0.25) is 5.15 Å². The van der Waals surface area contributed by atoms with Crippen molar-refractivity contribution in [1.29, 1.82) is 0 Å². The molecule has 100 valence electrons. The maximum atomic E-state index is 6.10. The number of rotatable bonds is 3. The van der Waals surface area contributed by atoms with E-state index >= 15 is 0 Å². The van der Waals surface area contributed by atoms with Gasteiger partial charge in [-0.05, 0) is 37.7 Å². The van der Waals surface area contributed by atoms with Crippen LogP contribution in [0.3, 0.4) is 0 Å². The third-order valence-electron chi connectivity index (χ3n) is 3.86. The fourth-order valence-corrected chi connectivity index (χ4v) is 3.04. The lowest BCUT2D eigenvalue weighted by molar-refractivity contribution is -0.0647. The van der Waals surface area contributed by atoms with Gasteiger partial charge in [-0.1, -0.05) is 31.9 Å². The Labute approximate surface area is 114 Å². The van der Waals surface area contributed by atoms with Crippen molar-refractivity contribution in [3.8, 4) is 0 Å². The van der Waals surface area contributed by atoms with Gasteiger partial charge in [0.25, 0.3) is 0 Å². The van der Waals surface area contributed by atoms with E-state index in [2.05, 4.69) is 23.8 Å². The molecule has 2 rings (SSSR count). The van der Waals surface area contributed by atoms with Crippen LogP contribution >= 0.6 is 11.6 Å². The SMILES string of the molecule is CCc1cc(Cl)nc(C2(OC)CCCC(C)C2)n1. The van der Waals surface area contributed by atoms with Crippen LogP contribution in [0, 0.1) is 5.92 Å². The second kappa shape index (κ2) is 5.54. The van der Waals surface area contributed by atoms with Gasteiger partial charge >= 0.3 is 0 Å². The highest BCUT2D eigenvalue weighted by Gasteiger charge is 2.39. The summed E-state index contributed by atoms with van der Waals surface area (Å²) < 4.78 is 5.81. The summed E-state index contributed by atoms with van der Waals surface area (Å²) in [6, 6.07) is 1.83. The van der Waals surface area contributed by atoms with Crippen molar-refractivity contribution in [3.05, 3.63) is 22.7 Å². The third kappa shape index (κ3) is 2.67. The lowest BCUT2D eigenvalue weighted by atomic mass is 9.78. The molecular weight excluding hydrogens is 248 g/mol. The van der Waals surface area contributed by atoms with Gasteiger partial charge in [0, 0.05) is 12.8 Å². The first kappa shape index (κ1) is 13.8. The number of aryl methyl sites for hydroxylation is 1. The molecule has 1 aliphatic rings. The van der Waals surface area contributed by atoms with Crippen LogP contribution in [0.5, 0.6) is 0 Å². The van der Waals surface area contributed by atoms with Crippen molar-refractivity contribution >= 4 is 11.6 Å². The molecule has 2 atom stereocenters. The van der Waals surface area contributed by atoms with Crippen LogP contribution in [0.4, 0.5) is 0 Å². The molecule has 1 fully saturated rings. The summed E-state index contributed by atoms with van der Waals surface area (Å²) in [6.45, 7) is 4.34. The molecule has 4 heteroatoms. The second-order valence-electron chi connectivity index (χ2n) is 5.26. The average molecular weight is 269 g/mol. The molecule has 1 aromatic rings. The maximum absolute atomic E-state index is 6.10. The average Bonchev–Trinajstić information content (AvgIpc) is 2.37. The Morgan fingerprint density at radius 3 is 2.89 bits per heavy atom. The standard InChI is InChI=1S/C14H21ClN2O/c1-4-11-8-12(15)17-13(16-11)14(18-3)7-5-6-10(2)9-14/h8,10H,4-7,9H2,1-3H3. The lowest BCUT2D eigenvalue weighted by Gasteiger charge is -2.37. The fraction of sp³-hybridized carbons (Fsp3) is 0.714. The quantitative estimate of drug-likeness (QED) is 0.783. The summed E-state index contributed by atoms with van der Waals surface area (Å²) in [5.74, 6) is 1.41. The summed E-state index contributed by atoms with van der Waals surface area (Å²) in [6.07, 6.45) is 5.24. The number of aromatic nitrogens is 2. The molecule has 2 unspecified atom stereocenters. The van der Waals surface area contributed by atoms with Crippen LogP contribution in [-0.2, 0) is 16.8 Å². The van der Waals surface area contributed by atoms with E-state index in [-0.39, 0.29) is 5.60 Å². The van der Waals surface area contributed by atoms with E-state index in [1.54, 1.807) is 7.11 Å². The fourth-order valence-electron chi connectivity index (χ4n) is 2.83. The maximum Gasteiger partial charge on any atom is 0.162 e. The van der Waals surface area contributed by atoms with Crippen molar-refractivity contribution in [2.45, 2.75) is 51.6 Å².